The molecule has 0 saturated carbocycles. The Hall–Kier alpha value is -3.77. The first-order valence-electron chi connectivity index (χ1n) is 10.3. The first-order chi connectivity index (χ1) is 15.8. The summed E-state index contributed by atoms with van der Waals surface area (Å²) in [6.45, 7) is 3.74. The van der Waals surface area contributed by atoms with Gasteiger partial charge in [0.2, 0.25) is 0 Å². The number of anilines is 2. The molecule has 168 valence electrons. The zero-order valence-electron chi connectivity index (χ0n) is 18.7. The topological polar surface area (TPSA) is 67.9 Å². The molecule has 0 radical (unpaired) electrons. The smallest absolute Gasteiger partial charge is 0.282 e. The molecule has 4 rings (SSSR count). The lowest BCUT2D eigenvalue weighted by atomic mass is 10.0. The SMILES string of the molecule is COc1ccc(OC)c(NC2=C(c3ccc(C)cc3)C(=O)N(c3cccc(Cl)c3C)C2=O)c1. The van der Waals surface area contributed by atoms with E-state index in [9.17, 15) is 9.59 Å². The van der Waals surface area contributed by atoms with Crippen LogP contribution in [0.1, 0.15) is 16.7 Å². The van der Waals surface area contributed by atoms with E-state index in [1.807, 2.05) is 31.2 Å². The van der Waals surface area contributed by atoms with Crippen LogP contribution in [-0.4, -0.2) is 26.0 Å². The first kappa shape index (κ1) is 22.4. The number of methoxy groups -OCH3 is 2. The van der Waals surface area contributed by atoms with Gasteiger partial charge in [0.05, 0.1) is 31.2 Å². The zero-order valence-corrected chi connectivity index (χ0v) is 19.5. The number of rotatable bonds is 6. The van der Waals surface area contributed by atoms with E-state index in [4.69, 9.17) is 21.1 Å². The molecule has 7 heteroatoms. The second-order valence-corrected chi connectivity index (χ2v) is 8.04. The lowest BCUT2D eigenvalue weighted by molar-refractivity contribution is -0.120. The Morgan fingerprint density at radius 1 is 0.879 bits per heavy atom. The summed E-state index contributed by atoms with van der Waals surface area (Å²) in [6.07, 6.45) is 0. The molecular weight excluding hydrogens is 440 g/mol. The fraction of sp³-hybridized carbons (Fsp3) is 0.154. The Morgan fingerprint density at radius 2 is 1.61 bits per heavy atom. The van der Waals surface area contributed by atoms with Crippen molar-refractivity contribution in [3.63, 3.8) is 0 Å². The van der Waals surface area contributed by atoms with E-state index in [-0.39, 0.29) is 11.3 Å². The molecule has 0 fully saturated rings. The van der Waals surface area contributed by atoms with Crippen molar-refractivity contribution in [2.45, 2.75) is 13.8 Å². The van der Waals surface area contributed by atoms with Gasteiger partial charge in [-0.3, -0.25) is 9.59 Å². The van der Waals surface area contributed by atoms with Crippen LogP contribution in [0.4, 0.5) is 11.4 Å². The van der Waals surface area contributed by atoms with E-state index in [2.05, 4.69) is 5.32 Å². The maximum Gasteiger partial charge on any atom is 0.282 e. The number of benzene rings is 3. The summed E-state index contributed by atoms with van der Waals surface area (Å²) in [5, 5.41) is 3.61. The Balaban J connectivity index is 1.88. The van der Waals surface area contributed by atoms with E-state index >= 15 is 0 Å². The van der Waals surface area contributed by atoms with Crippen molar-refractivity contribution in [1.29, 1.82) is 0 Å². The lowest BCUT2D eigenvalue weighted by Crippen LogP contribution is -2.33. The minimum Gasteiger partial charge on any atom is -0.497 e. The summed E-state index contributed by atoms with van der Waals surface area (Å²) >= 11 is 6.29. The number of hydrogen-bond donors (Lipinski definition) is 1. The average Bonchev–Trinajstić information content (AvgIpc) is 3.05. The van der Waals surface area contributed by atoms with E-state index in [1.165, 1.54) is 7.11 Å². The van der Waals surface area contributed by atoms with E-state index < -0.39 is 11.8 Å². The van der Waals surface area contributed by atoms with Crippen LogP contribution in [0.25, 0.3) is 5.57 Å². The molecule has 1 heterocycles. The largest absolute Gasteiger partial charge is 0.497 e. The van der Waals surface area contributed by atoms with E-state index in [0.717, 1.165) is 10.5 Å². The van der Waals surface area contributed by atoms with Crippen molar-refractivity contribution in [1.82, 2.24) is 0 Å². The van der Waals surface area contributed by atoms with Gasteiger partial charge in [-0.05, 0) is 49.2 Å². The van der Waals surface area contributed by atoms with Gasteiger partial charge in [-0.1, -0.05) is 47.5 Å². The van der Waals surface area contributed by atoms with Gasteiger partial charge >= 0.3 is 0 Å². The molecular formula is C26H23ClN2O4. The molecule has 0 aromatic heterocycles. The third-order valence-electron chi connectivity index (χ3n) is 5.57. The maximum absolute atomic E-state index is 13.7. The van der Waals surface area contributed by atoms with Gasteiger partial charge in [-0.15, -0.1) is 0 Å². The monoisotopic (exact) mass is 462 g/mol. The maximum atomic E-state index is 13.7. The average molecular weight is 463 g/mol. The lowest BCUT2D eigenvalue weighted by Gasteiger charge is -2.19. The molecule has 0 unspecified atom stereocenters. The van der Waals surface area contributed by atoms with E-state index in [1.54, 1.807) is 50.4 Å². The van der Waals surface area contributed by atoms with Gasteiger partial charge in [0.1, 0.15) is 17.2 Å². The number of hydrogen-bond acceptors (Lipinski definition) is 5. The summed E-state index contributed by atoms with van der Waals surface area (Å²) in [5.41, 5.74) is 3.68. The number of nitrogens with one attached hydrogen (secondary N) is 1. The van der Waals surface area contributed by atoms with Crippen molar-refractivity contribution in [2.75, 3.05) is 24.4 Å². The van der Waals surface area contributed by atoms with Gasteiger partial charge in [0.15, 0.2) is 0 Å². The van der Waals surface area contributed by atoms with Crippen molar-refractivity contribution < 1.29 is 19.1 Å². The van der Waals surface area contributed by atoms with Crippen LogP contribution in [0, 0.1) is 13.8 Å². The number of nitrogens with zero attached hydrogens (tertiary/aromatic N) is 1. The number of carbonyl (C=O) groups is 2. The van der Waals surface area contributed by atoms with Crippen LogP contribution in [0.15, 0.2) is 66.4 Å². The summed E-state index contributed by atoms with van der Waals surface area (Å²) in [7, 11) is 3.09. The molecule has 0 spiro atoms. The van der Waals surface area contributed by atoms with Crippen molar-refractivity contribution in [2.24, 2.45) is 0 Å². The Kier molecular flexibility index (Phi) is 6.11. The highest BCUT2D eigenvalue weighted by Crippen LogP contribution is 2.38. The quantitative estimate of drug-likeness (QED) is 0.499. The Bertz CT molecular complexity index is 1280. The Morgan fingerprint density at radius 3 is 2.27 bits per heavy atom. The number of aryl methyl sites for hydroxylation is 1. The highest BCUT2D eigenvalue weighted by molar-refractivity contribution is 6.46. The molecule has 3 aromatic rings. The van der Waals surface area contributed by atoms with Gasteiger partial charge in [0, 0.05) is 11.1 Å². The number of amides is 2. The predicted octanol–water partition coefficient (Wildman–Crippen LogP) is 5.37. The Labute approximate surface area is 197 Å². The third-order valence-corrected chi connectivity index (χ3v) is 5.98. The highest BCUT2D eigenvalue weighted by atomic mass is 35.5. The fourth-order valence-electron chi connectivity index (χ4n) is 3.74. The minimum absolute atomic E-state index is 0.148. The van der Waals surface area contributed by atoms with Crippen LogP contribution in [0.5, 0.6) is 11.5 Å². The van der Waals surface area contributed by atoms with E-state index in [0.29, 0.717) is 39.0 Å². The summed E-state index contributed by atoms with van der Waals surface area (Å²) in [6, 6.07) is 17.8. The fourth-order valence-corrected chi connectivity index (χ4v) is 3.91. The molecule has 1 aliphatic heterocycles. The molecule has 1 N–H and O–H groups in total. The normalized spacial score (nSPS) is 13.5. The van der Waals surface area contributed by atoms with Crippen molar-refractivity contribution in [3.8, 4) is 11.5 Å². The van der Waals surface area contributed by atoms with Crippen LogP contribution in [0.3, 0.4) is 0 Å². The second kappa shape index (κ2) is 9.00. The highest BCUT2D eigenvalue weighted by Gasteiger charge is 2.41. The molecule has 6 nitrogen and oxygen atoms in total. The second-order valence-electron chi connectivity index (χ2n) is 7.64. The molecule has 33 heavy (non-hydrogen) atoms. The zero-order chi connectivity index (χ0) is 23.7. The van der Waals surface area contributed by atoms with Crippen molar-refractivity contribution in [3.05, 3.63) is 88.1 Å². The minimum atomic E-state index is -0.481. The van der Waals surface area contributed by atoms with Gasteiger partial charge in [-0.25, -0.2) is 4.90 Å². The third kappa shape index (κ3) is 4.05. The van der Waals surface area contributed by atoms with Crippen LogP contribution >= 0.6 is 11.6 Å². The first-order valence-corrected chi connectivity index (χ1v) is 10.7. The summed E-state index contributed by atoms with van der Waals surface area (Å²) in [5.74, 6) is 0.170. The molecule has 1 aliphatic rings. The molecule has 2 amide bonds. The van der Waals surface area contributed by atoms with Gasteiger partial charge in [-0.2, -0.15) is 0 Å². The summed E-state index contributed by atoms with van der Waals surface area (Å²) < 4.78 is 10.8. The standard InChI is InChI=1S/C26H23ClN2O4/c1-15-8-10-17(11-9-15)23-24(28-20-14-18(32-3)12-13-22(20)33-4)26(31)29(25(23)30)21-7-5-6-19(27)16(21)2/h5-14,28H,1-4H3. The van der Waals surface area contributed by atoms with Crippen LogP contribution < -0.4 is 19.7 Å². The van der Waals surface area contributed by atoms with Crippen LogP contribution in [-0.2, 0) is 9.59 Å². The predicted molar refractivity (Wildman–Crippen MR) is 130 cm³/mol. The number of ether oxygens (including phenoxy) is 2. The number of carbonyl (C=O) groups excluding carboxylic acids is 2. The molecule has 3 aromatic carbocycles. The van der Waals surface area contributed by atoms with Gasteiger partial charge < -0.3 is 14.8 Å². The van der Waals surface area contributed by atoms with Gasteiger partial charge in [0.25, 0.3) is 11.8 Å². The van der Waals surface area contributed by atoms with Crippen molar-refractivity contribution >= 4 is 40.4 Å². The van der Waals surface area contributed by atoms with Crippen LogP contribution in [0.2, 0.25) is 5.02 Å². The molecule has 0 aliphatic carbocycles. The molecule has 0 saturated heterocycles. The summed E-state index contributed by atoms with van der Waals surface area (Å²) in [4.78, 5) is 28.5. The number of halogens is 1. The molecule has 0 bridgehead atoms. The number of imide groups is 1. The molecule has 0 atom stereocenters.